The molecule has 0 spiro atoms. The van der Waals surface area contributed by atoms with Gasteiger partial charge in [0.2, 0.25) is 5.91 Å². The Morgan fingerprint density at radius 2 is 2.14 bits per heavy atom. The maximum atomic E-state index is 11.3. The van der Waals surface area contributed by atoms with Crippen molar-refractivity contribution < 1.29 is 9.59 Å². The maximum absolute atomic E-state index is 11.3. The normalized spacial score (nSPS) is 16.5. The number of pyridine rings is 1. The standard InChI is InChI=1S/C9H7ClN2O2/c10-6-1-2-8(11-4-6)12-5-7(13)3-9(12)14/h1-2,4H,3,5H2. The lowest BCUT2D eigenvalue weighted by atomic mass is 10.3. The van der Waals surface area contributed by atoms with E-state index >= 15 is 0 Å². The van der Waals surface area contributed by atoms with E-state index in [-0.39, 0.29) is 24.7 Å². The average molecular weight is 211 g/mol. The Balaban J connectivity index is 2.27. The minimum Gasteiger partial charge on any atom is -0.297 e. The lowest BCUT2D eigenvalue weighted by molar-refractivity contribution is -0.121. The molecule has 1 aromatic heterocycles. The van der Waals surface area contributed by atoms with Gasteiger partial charge in [-0.05, 0) is 12.1 Å². The molecule has 2 rings (SSSR count). The Morgan fingerprint density at radius 3 is 2.64 bits per heavy atom. The van der Waals surface area contributed by atoms with Crippen LogP contribution < -0.4 is 4.90 Å². The largest absolute Gasteiger partial charge is 0.297 e. The number of aromatic nitrogens is 1. The summed E-state index contributed by atoms with van der Waals surface area (Å²) in [4.78, 5) is 27.6. The molecular formula is C9H7ClN2O2. The molecule has 2 heterocycles. The first kappa shape index (κ1) is 9.15. The number of amides is 1. The van der Waals surface area contributed by atoms with Gasteiger partial charge < -0.3 is 0 Å². The third-order valence-corrected chi connectivity index (χ3v) is 2.20. The monoisotopic (exact) mass is 210 g/mol. The van der Waals surface area contributed by atoms with Crippen molar-refractivity contribution in [1.82, 2.24) is 4.98 Å². The topological polar surface area (TPSA) is 50.3 Å². The van der Waals surface area contributed by atoms with Crippen LogP contribution in [0.25, 0.3) is 0 Å². The predicted molar refractivity (Wildman–Crippen MR) is 51.2 cm³/mol. The Labute approximate surface area is 85.5 Å². The SMILES string of the molecule is O=C1CC(=O)N(c2ccc(Cl)cn2)C1. The van der Waals surface area contributed by atoms with Crippen molar-refractivity contribution in [2.45, 2.75) is 6.42 Å². The van der Waals surface area contributed by atoms with Crippen LogP contribution in [0.5, 0.6) is 0 Å². The number of hydrogen-bond acceptors (Lipinski definition) is 3. The van der Waals surface area contributed by atoms with Crippen LogP contribution in [0.3, 0.4) is 0 Å². The van der Waals surface area contributed by atoms with Crippen molar-refractivity contribution in [1.29, 1.82) is 0 Å². The predicted octanol–water partition coefficient (Wildman–Crippen LogP) is 1.04. The second-order valence-corrected chi connectivity index (χ2v) is 3.47. The van der Waals surface area contributed by atoms with Crippen molar-refractivity contribution in [3.63, 3.8) is 0 Å². The maximum Gasteiger partial charge on any atom is 0.236 e. The number of ketones is 1. The van der Waals surface area contributed by atoms with Crippen molar-refractivity contribution in [3.05, 3.63) is 23.4 Å². The fourth-order valence-corrected chi connectivity index (χ4v) is 1.43. The van der Waals surface area contributed by atoms with Gasteiger partial charge in [0, 0.05) is 6.20 Å². The van der Waals surface area contributed by atoms with Crippen molar-refractivity contribution in [2.24, 2.45) is 0 Å². The highest BCUT2D eigenvalue weighted by Gasteiger charge is 2.29. The molecule has 4 nitrogen and oxygen atoms in total. The van der Waals surface area contributed by atoms with E-state index in [2.05, 4.69) is 4.98 Å². The number of anilines is 1. The van der Waals surface area contributed by atoms with Gasteiger partial charge in [0.05, 0.1) is 18.0 Å². The highest BCUT2D eigenvalue weighted by Crippen LogP contribution is 2.18. The fraction of sp³-hybridized carbons (Fsp3) is 0.222. The zero-order valence-electron chi connectivity index (χ0n) is 7.24. The van der Waals surface area contributed by atoms with E-state index in [0.29, 0.717) is 10.8 Å². The molecule has 1 aliphatic heterocycles. The van der Waals surface area contributed by atoms with Crippen molar-refractivity contribution >= 4 is 29.1 Å². The van der Waals surface area contributed by atoms with Crippen LogP contribution in [0, 0.1) is 0 Å². The van der Waals surface area contributed by atoms with E-state index < -0.39 is 0 Å². The molecular weight excluding hydrogens is 204 g/mol. The van der Waals surface area contributed by atoms with E-state index in [4.69, 9.17) is 11.6 Å². The zero-order chi connectivity index (χ0) is 10.1. The van der Waals surface area contributed by atoms with Crippen molar-refractivity contribution in [2.75, 3.05) is 11.4 Å². The lowest BCUT2D eigenvalue weighted by Gasteiger charge is -2.12. The Bertz CT molecular complexity index is 388. The summed E-state index contributed by atoms with van der Waals surface area (Å²) in [5.41, 5.74) is 0. The van der Waals surface area contributed by atoms with Gasteiger partial charge in [-0.15, -0.1) is 0 Å². The molecule has 0 unspecified atom stereocenters. The van der Waals surface area contributed by atoms with E-state index in [9.17, 15) is 9.59 Å². The summed E-state index contributed by atoms with van der Waals surface area (Å²) in [5, 5.41) is 0.506. The van der Waals surface area contributed by atoms with E-state index in [1.165, 1.54) is 11.1 Å². The van der Waals surface area contributed by atoms with Gasteiger partial charge in [0.1, 0.15) is 5.82 Å². The van der Waals surface area contributed by atoms with Crippen LogP contribution in [0.15, 0.2) is 18.3 Å². The summed E-state index contributed by atoms with van der Waals surface area (Å²) in [7, 11) is 0. The molecule has 72 valence electrons. The molecule has 1 aromatic rings. The third kappa shape index (κ3) is 1.61. The van der Waals surface area contributed by atoms with Gasteiger partial charge in [-0.1, -0.05) is 11.6 Å². The second kappa shape index (κ2) is 3.38. The van der Waals surface area contributed by atoms with Gasteiger partial charge in [0.25, 0.3) is 0 Å². The Morgan fingerprint density at radius 1 is 1.36 bits per heavy atom. The van der Waals surface area contributed by atoms with Gasteiger partial charge >= 0.3 is 0 Å². The number of Topliss-reactive ketones (excluding diaryl/α,β-unsaturated/α-hetero) is 1. The summed E-state index contributed by atoms with van der Waals surface area (Å²) in [6.07, 6.45) is 1.43. The summed E-state index contributed by atoms with van der Waals surface area (Å²) < 4.78 is 0. The van der Waals surface area contributed by atoms with Gasteiger partial charge in [0.15, 0.2) is 5.78 Å². The van der Waals surface area contributed by atoms with Gasteiger partial charge in [-0.25, -0.2) is 4.98 Å². The molecule has 0 aromatic carbocycles. The minimum atomic E-state index is -0.204. The van der Waals surface area contributed by atoms with Crippen LogP contribution >= 0.6 is 11.6 Å². The quantitative estimate of drug-likeness (QED) is 0.651. The number of carbonyl (C=O) groups is 2. The number of nitrogens with zero attached hydrogens (tertiary/aromatic N) is 2. The molecule has 0 atom stereocenters. The van der Waals surface area contributed by atoms with Crippen LogP contribution in [0.2, 0.25) is 5.02 Å². The molecule has 1 fully saturated rings. The zero-order valence-corrected chi connectivity index (χ0v) is 7.99. The molecule has 1 saturated heterocycles. The molecule has 5 heteroatoms. The second-order valence-electron chi connectivity index (χ2n) is 3.03. The summed E-state index contributed by atoms with van der Waals surface area (Å²) in [6, 6.07) is 3.26. The molecule has 0 aliphatic carbocycles. The molecule has 1 amide bonds. The summed E-state index contributed by atoms with van der Waals surface area (Å²) in [6.45, 7) is 0.119. The first-order chi connectivity index (χ1) is 6.66. The molecule has 0 bridgehead atoms. The molecule has 0 N–H and O–H groups in total. The first-order valence-electron chi connectivity index (χ1n) is 4.10. The smallest absolute Gasteiger partial charge is 0.236 e. The third-order valence-electron chi connectivity index (χ3n) is 1.97. The average Bonchev–Trinajstić information content (AvgIpc) is 2.47. The number of rotatable bonds is 1. The van der Waals surface area contributed by atoms with E-state index in [0.717, 1.165) is 0 Å². The number of halogens is 1. The minimum absolute atomic E-state index is 0.0235. The van der Waals surface area contributed by atoms with Crippen molar-refractivity contribution in [3.8, 4) is 0 Å². The Hall–Kier alpha value is -1.42. The molecule has 0 saturated carbocycles. The highest BCUT2D eigenvalue weighted by molar-refractivity contribution is 6.30. The van der Waals surface area contributed by atoms with Crippen LogP contribution in [-0.2, 0) is 9.59 Å². The summed E-state index contributed by atoms with van der Waals surface area (Å²) in [5.74, 6) is 0.196. The first-order valence-corrected chi connectivity index (χ1v) is 4.48. The Kier molecular flexibility index (Phi) is 2.21. The van der Waals surface area contributed by atoms with Gasteiger partial charge in [-0.3, -0.25) is 14.5 Å². The van der Waals surface area contributed by atoms with Gasteiger partial charge in [-0.2, -0.15) is 0 Å². The van der Waals surface area contributed by atoms with Crippen LogP contribution in [0.1, 0.15) is 6.42 Å². The number of carbonyl (C=O) groups excluding carboxylic acids is 2. The highest BCUT2D eigenvalue weighted by atomic mass is 35.5. The molecule has 1 aliphatic rings. The number of hydrogen-bond donors (Lipinski definition) is 0. The van der Waals surface area contributed by atoms with Crippen LogP contribution in [-0.4, -0.2) is 23.2 Å². The molecule has 0 radical (unpaired) electrons. The molecule has 14 heavy (non-hydrogen) atoms. The fourth-order valence-electron chi connectivity index (χ4n) is 1.32. The van der Waals surface area contributed by atoms with E-state index in [1.807, 2.05) is 0 Å². The van der Waals surface area contributed by atoms with Crippen LogP contribution in [0.4, 0.5) is 5.82 Å². The van der Waals surface area contributed by atoms with E-state index in [1.54, 1.807) is 12.1 Å². The summed E-state index contributed by atoms with van der Waals surface area (Å²) >= 11 is 5.65. The lowest BCUT2D eigenvalue weighted by Crippen LogP contribution is -2.25.